The van der Waals surface area contributed by atoms with E-state index in [0.717, 1.165) is 19.3 Å². The molecule has 15 heavy (non-hydrogen) atoms. The fraction of sp³-hybridized carbons (Fsp3) is 0.800. The highest BCUT2D eigenvalue weighted by Crippen LogP contribution is 1.92. The molecule has 0 aliphatic carbocycles. The summed E-state index contributed by atoms with van der Waals surface area (Å²) in [5.74, 6) is -0.0808. The summed E-state index contributed by atoms with van der Waals surface area (Å²) in [7, 11) is 1.49. The molecule has 0 unspecified atom stereocenters. The van der Waals surface area contributed by atoms with Gasteiger partial charge in [0, 0.05) is 27.1 Å². The van der Waals surface area contributed by atoms with Crippen molar-refractivity contribution in [1.29, 1.82) is 0 Å². The minimum atomic E-state index is -0.0839. The first-order valence-electron chi connectivity index (χ1n) is 5.17. The van der Waals surface area contributed by atoms with E-state index in [1.165, 1.54) is 14.0 Å². The van der Waals surface area contributed by atoms with E-state index < -0.39 is 0 Å². The van der Waals surface area contributed by atoms with Crippen LogP contribution in [0.2, 0.25) is 0 Å². The third kappa shape index (κ3) is 10.8. The van der Waals surface area contributed by atoms with Gasteiger partial charge in [0.05, 0.1) is 0 Å². The molecule has 0 bridgehead atoms. The summed E-state index contributed by atoms with van der Waals surface area (Å²) < 4.78 is 4.67. The monoisotopic (exact) mass is 216 g/mol. The molecule has 0 aromatic heterocycles. The van der Waals surface area contributed by atoms with Crippen LogP contribution in [0.25, 0.3) is 0 Å². The Morgan fingerprint density at radius 3 is 2.20 bits per heavy atom. The van der Waals surface area contributed by atoms with Crippen molar-refractivity contribution in [3.05, 3.63) is 0 Å². The molecule has 2 amide bonds. The van der Waals surface area contributed by atoms with Crippen LogP contribution in [0.3, 0.4) is 0 Å². The Morgan fingerprint density at radius 1 is 1.07 bits per heavy atom. The van der Waals surface area contributed by atoms with Crippen molar-refractivity contribution < 1.29 is 14.3 Å². The summed E-state index contributed by atoms with van der Waals surface area (Å²) in [5, 5.41) is 5.45. The van der Waals surface area contributed by atoms with Gasteiger partial charge in [-0.05, 0) is 19.3 Å². The molecule has 0 spiro atoms. The molecule has 0 atom stereocenters. The average molecular weight is 216 g/mol. The SMILES string of the molecule is COCC(=O)NCCCCCNC(C)=O. The Labute approximate surface area is 90.6 Å². The topological polar surface area (TPSA) is 67.4 Å². The first kappa shape index (κ1) is 13.9. The highest BCUT2D eigenvalue weighted by atomic mass is 16.5. The molecule has 0 rings (SSSR count). The van der Waals surface area contributed by atoms with E-state index in [2.05, 4.69) is 15.4 Å². The molecule has 5 nitrogen and oxygen atoms in total. The van der Waals surface area contributed by atoms with E-state index in [4.69, 9.17) is 0 Å². The Kier molecular flexibility index (Phi) is 8.76. The zero-order chi connectivity index (χ0) is 11.5. The first-order chi connectivity index (χ1) is 7.16. The Bertz CT molecular complexity index is 195. The summed E-state index contributed by atoms with van der Waals surface area (Å²) in [6.45, 7) is 3.00. The zero-order valence-electron chi connectivity index (χ0n) is 9.47. The fourth-order valence-corrected chi connectivity index (χ4v) is 1.10. The van der Waals surface area contributed by atoms with E-state index >= 15 is 0 Å². The van der Waals surface area contributed by atoms with Gasteiger partial charge in [-0.15, -0.1) is 0 Å². The van der Waals surface area contributed by atoms with Gasteiger partial charge < -0.3 is 15.4 Å². The van der Waals surface area contributed by atoms with Crippen LogP contribution >= 0.6 is 0 Å². The van der Waals surface area contributed by atoms with Crippen LogP contribution in [0.5, 0.6) is 0 Å². The minimum absolute atomic E-state index is 0.00315. The molecule has 0 radical (unpaired) electrons. The first-order valence-corrected chi connectivity index (χ1v) is 5.17. The van der Waals surface area contributed by atoms with Crippen molar-refractivity contribution in [3.63, 3.8) is 0 Å². The maximum absolute atomic E-state index is 10.9. The van der Waals surface area contributed by atoms with Crippen LogP contribution in [-0.2, 0) is 14.3 Å². The molecule has 0 fully saturated rings. The molecule has 0 saturated carbocycles. The average Bonchev–Trinajstić information content (AvgIpc) is 2.16. The highest BCUT2D eigenvalue weighted by molar-refractivity contribution is 5.77. The lowest BCUT2D eigenvalue weighted by Gasteiger charge is -2.04. The van der Waals surface area contributed by atoms with Crippen LogP contribution in [-0.4, -0.2) is 38.6 Å². The summed E-state index contributed by atoms with van der Waals surface area (Å²) in [6, 6.07) is 0. The fourth-order valence-electron chi connectivity index (χ4n) is 1.10. The molecular weight excluding hydrogens is 196 g/mol. The third-order valence-electron chi connectivity index (χ3n) is 1.83. The van der Waals surface area contributed by atoms with Gasteiger partial charge in [0.1, 0.15) is 6.61 Å². The Balaban J connectivity index is 3.11. The van der Waals surface area contributed by atoms with Crippen LogP contribution in [0.1, 0.15) is 26.2 Å². The molecule has 5 heteroatoms. The number of methoxy groups -OCH3 is 1. The lowest BCUT2D eigenvalue weighted by molar-refractivity contribution is -0.124. The normalized spacial score (nSPS) is 9.73. The van der Waals surface area contributed by atoms with Crippen molar-refractivity contribution in [2.45, 2.75) is 26.2 Å². The second-order valence-corrected chi connectivity index (χ2v) is 3.33. The third-order valence-corrected chi connectivity index (χ3v) is 1.83. The van der Waals surface area contributed by atoms with Crippen LogP contribution in [0.4, 0.5) is 0 Å². The molecule has 0 saturated heterocycles. The lowest BCUT2D eigenvalue weighted by Crippen LogP contribution is -2.28. The maximum Gasteiger partial charge on any atom is 0.245 e. The van der Waals surface area contributed by atoms with Gasteiger partial charge in [-0.2, -0.15) is 0 Å². The number of carbonyl (C=O) groups excluding carboxylic acids is 2. The maximum atomic E-state index is 10.9. The second kappa shape index (κ2) is 9.45. The zero-order valence-corrected chi connectivity index (χ0v) is 9.47. The van der Waals surface area contributed by atoms with Crippen molar-refractivity contribution in [1.82, 2.24) is 10.6 Å². The number of hydrogen-bond donors (Lipinski definition) is 2. The van der Waals surface area contributed by atoms with Gasteiger partial charge in [-0.1, -0.05) is 0 Å². The van der Waals surface area contributed by atoms with E-state index in [0.29, 0.717) is 13.1 Å². The number of rotatable bonds is 8. The smallest absolute Gasteiger partial charge is 0.245 e. The van der Waals surface area contributed by atoms with Gasteiger partial charge in [0.25, 0.3) is 0 Å². The van der Waals surface area contributed by atoms with Gasteiger partial charge >= 0.3 is 0 Å². The molecule has 0 aromatic carbocycles. The summed E-state index contributed by atoms with van der Waals surface area (Å²) in [6.07, 6.45) is 2.86. The predicted octanol–water partition coefficient (Wildman–Crippen LogP) is 0.0554. The van der Waals surface area contributed by atoms with Gasteiger partial charge in [0.2, 0.25) is 11.8 Å². The molecule has 0 aliphatic heterocycles. The van der Waals surface area contributed by atoms with Gasteiger partial charge in [-0.25, -0.2) is 0 Å². The van der Waals surface area contributed by atoms with Crippen molar-refractivity contribution in [3.8, 4) is 0 Å². The molecule has 2 N–H and O–H groups in total. The van der Waals surface area contributed by atoms with E-state index in [9.17, 15) is 9.59 Å². The van der Waals surface area contributed by atoms with Crippen LogP contribution in [0.15, 0.2) is 0 Å². The molecule has 0 heterocycles. The number of unbranched alkanes of at least 4 members (excludes halogenated alkanes) is 2. The highest BCUT2D eigenvalue weighted by Gasteiger charge is 1.97. The number of amides is 2. The summed E-state index contributed by atoms with van der Waals surface area (Å²) in [5.41, 5.74) is 0. The standard InChI is InChI=1S/C10H20N2O3/c1-9(13)11-6-4-3-5-7-12-10(14)8-15-2/h3-8H2,1-2H3,(H,11,13)(H,12,14). The van der Waals surface area contributed by atoms with Crippen molar-refractivity contribution >= 4 is 11.8 Å². The van der Waals surface area contributed by atoms with Crippen LogP contribution in [0, 0.1) is 0 Å². The van der Waals surface area contributed by atoms with E-state index in [1.807, 2.05) is 0 Å². The number of hydrogen-bond acceptors (Lipinski definition) is 3. The largest absolute Gasteiger partial charge is 0.375 e. The summed E-state index contributed by atoms with van der Waals surface area (Å²) in [4.78, 5) is 21.4. The Hall–Kier alpha value is -1.10. The summed E-state index contributed by atoms with van der Waals surface area (Å²) >= 11 is 0. The van der Waals surface area contributed by atoms with E-state index in [-0.39, 0.29) is 18.4 Å². The van der Waals surface area contributed by atoms with Crippen molar-refractivity contribution in [2.24, 2.45) is 0 Å². The second-order valence-electron chi connectivity index (χ2n) is 3.33. The predicted molar refractivity (Wildman–Crippen MR) is 57.4 cm³/mol. The molecule has 0 aliphatic rings. The van der Waals surface area contributed by atoms with Gasteiger partial charge in [0.15, 0.2) is 0 Å². The molecular formula is C10H20N2O3. The molecule has 88 valence electrons. The van der Waals surface area contributed by atoms with E-state index in [1.54, 1.807) is 0 Å². The Morgan fingerprint density at radius 2 is 1.67 bits per heavy atom. The van der Waals surface area contributed by atoms with Crippen LogP contribution < -0.4 is 10.6 Å². The van der Waals surface area contributed by atoms with Gasteiger partial charge in [-0.3, -0.25) is 9.59 Å². The van der Waals surface area contributed by atoms with Crippen molar-refractivity contribution in [2.75, 3.05) is 26.8 Å². The lowest BCUT2D eigenvalue weighted by atomic mass is 10.2. The minimum Gasteiger partial charge on any atom is -0.375 e. The molecule has 0 aromatic rings. The number of ether oxygens (including phenoxy) is 1. The number of carbonyl (C=O) groups is 2. The quantitative estimate of drug-likeness (QED) is 0.564. The number of nitrogens with one attached hydrogen (secondary N) is 2.